The van der Waals surface area contributed by atoms with Gasteiger partial charge in [0.05, 0.1) is 14.2 Å². The second kappa shape index (κ2) is 5.47. The highest BCUT2D eigenvalue weighted by Gasteiger charge is 1.98. The molecule has 0 heterocycles. The number of allylic oxidation sites excluding steroid dienone is 4. The molecule has 0 spiro atoms. The molecular formula is C10H16O2. The van der Waals surface area contributed by atoms with Gasteiger partial charge in [-0.3, -0.25) is 0 Å². The largest absolute Gasteiger partial charge is 0.498 e. The van der Waals surface area contributed by atoms with E-state index in [1.165, 1.54) is 0 Å². The molecule has 0 fully saturated rings. The average molecular weight is 168 g/mol. The molecule has 0 atom stereocenters. The topological polar surface area (TPSA) is 18.5 Å². The van der Waals surface area contributed by atoms with Crippen LogP contribution in [0.25, 0.3) is 0 Å². The van der Waals surface area contributed by atoms with Crippen molar-refractivity contribution < 1.29 is 9.47 Å². The van der Waals surface area contributed by atoms with Crippen molar-refractivity contribution in [3.63, 3.8) is 0 Å². The Morgan fingerprint density at radius 3 is 2.08 bits per heavy atom. The Hall–Kier alpha value is -1.18. The molecule has 0 bridgehead atoms. The molecule has 0 aliphatic heterocycles. The standard InChI is InChI=1S/C10H16O2/c1-6-8(2)7-10(12-5)9(3)11-4/h6-7H,1H2,2-5H3/b8-7+,10-9-. The van der Waals surface area contributed by atoms with Gasteiger partial charge in [-0.25, -0.2) is 0 Å². The van der Waals surface area contributed by atoms with Gasteiger partial charge in [-0.05, 0) is 25.5 Å². The van der Waals surface area contributed by atoms with E-state index in [1.54, 1.807) is 20.3 Å². The minimum Gasteiger partial charge on any atom is -0.498 e. The molecule has 0 aliphatic rings. The highest BCUT2D eigenvalue weighted by atomic mass is 16.5. The van der Waals surface area contributed by atoms with Crippen LogP contribution >= 0.6 is 0 Å². The van der Waals surface area contributed by atoms with E-state index in [1.807, 2.05) is 19.9 Å². The molecule has 0 aromatic rings. The summed E-state index contributed by atoms with van der Waals surface area (Å²) in [6.07, 6.45) is 3.65. The fourth-order valence-corrected chi connectivity index (χ4v) is 0.671. The molecule has 0 aromatic heterocycles. The highest BCUT2D eigenvalue weighted by Crippen LogP contribution is 2.09. The average Bonchev–Trinajstić information content (AvgIpc) is 2.12. The minimum atomic E-state index is 0.731. The van der Waals surface area contributed by atoms with Gasteiger partial charge in [0.1, 0.15) is 5.76 Å². The van der Waals surface area contributed by atoms with Gasteiger partial charge in [-0.15, -0.1) is 0 Å². The van der Waals surface area contributed by atoms with Crippen molar-refractivity contribution >= 4 is 0 Å². The molecule has 0 aliphatic carbocycles. The predicted octanol–water partition coefficient (Wildman–Crippen LogP) is 2.64. The van der Waals surface area contributed by atoms with Gasteiger partial charge in [0.25, 0.3) is 0 Å². The van der Waals surface area contributed by atoms with Crippen LogP contribution in [0.3, 0.4) is 0 Å². The normalized spacial score (nSPS) is 13.5. The lowest BCUT2D eigenvalue weighted by Gasteiger charge is -2.06. The van der Waals surface area contributed by atoms with E-state index in [-0.39, 0.29) is 0 Å². The number of ether oxygens (including phenoxy) is 2. The first-order chi connectivity index (χ1) is 5.65. The molecule has 0 saturated carbocycles. The molecule has 68 valence electrons. The van der Waals surface area contributed by atoms with Crippen molar-refractivity contribution in [2.45, 2.75) is 13.8 Å². The summed E-state index contributed by atoms with van der Waals surface area (Å²) in [6.45, 7) is 7.45. The third-order valence-corrected chi connectivity index (χ3v) is 1.55. The molecule has 12 heavy (non-hydrogen) atoms. The summed E-state index contributed by atoms with van der Waals surface area (Å²) in [6, 6.07) is 0. The molecule has 0 saturated heterocycles. The van der Waals surface area contributed by atoms with Crippen LogP contribution in [0.1, 0.15) is 13.8 Å². The number of methoxy groups -OCH3 is 2. The van der Waals surface area contributed by atoms with Crippen molar-refractivity contribution in [2.75, 3.05) is 14.2 Å². The van der Waals surface area contributed by atoms with Gasteiger partial charge in [0.2, 0.25) is 0 Å². The first-order valence-electron chi connectivity index (χ1n) is 3.75. The van der Waals surface area contributed by atoms with Crippen LogP contribution < -0.4 is 0 Å². The second-order valence-electron chi connectivity index (χ2n) is 2.42. The molecule has 0 N–H and O–H groups in total. The Kier molecular flexibility index (Phi) is 4.93. The van der Waals surface area contributed by atoms with Crippen LogP contribution in [-0.2, 0) is 9.47 Å². The van der Waals surface area contributed by atoms with Crippen LogP contribution in [0.5, 0.6) is 0 Å². The molecular weight excluding hydrogens is 152 g/mol. The summed E-state index contributed by atoms with van der Waals surface area (Å²) in [5, 5.41) is 0. The van der Waals surface area contributed by atoms with Gasteiger partial charge in [-0.1, -0.05) is 12.7 Å². The molecule has 0 aromatic carbocycles. The fourth-order valence-electron chi connectivity index (χ4n) is 0.671. The van der Waals surface area contributed by atoms with E-state index in [4.69, 9.17) is 9.47 Å². The Balaban J connectivity index is 4.68. The molecule has 0 rings (SSSR count). The summed E-state index contributed by atoms with van der Waals surface area (Å²) in [7, 11) is 3.23. The second-order valence-corrected chi connectivity index (χ2v) is 2.42. The lowest BCUT2D eigenvalue weighted by atomic mass is 10.2. The molecule has 2 heteroatoms. The zero-order valence-corrected chi connectivity index (χ0v) is 8.18. The Labute approximate surface area is 74.2 Å². The third kappa shape index (κ3) is 3.28. The van der Waals surface area contributed by atoms with Gasteiger partial charge < -0.3 is 9.47 Å². The number of hydrogen-bond donors (Lipinski definition) is 0. The maximum atomic E-state index is 5.11. The lowest BCUT2D eigenvalue weighted by Crippen LogP contribution is -1.91. The van der Waals surface area contributed by atoms with Crippen molar-refractivity contribution in [3.05, 3.63) is 35.8 Å². The van der Waals surface area contributed by atoms with Crippen LogP contribution in [0.2, 0.25) is 0 Å². The van der Waals surface area contributed by atoms with Crippen LogP contribution in [0, 0.1) is 0 Å². The van der Waals surface area contributed by atoms with Gasteiger partial charge in [-0.2, -0.15) is 0 Å². The summed E-state index contributed by atoms with van der Waals surface area (Å²) in [4.78, 5) is 0. The lowest BCUT2D eigenvalue weighted by molar-refractivity contribution is 0.232. The maximum Gasteiger partial charge on any atom is 0.156 e. The van der Waals surface area contributed by atoms with Crippen molar-refractivity contribution in [1.29, 1.82) is 0 Å². The fraction of sp³-hybridized carbons (Fsp3) is 0.400. The zero-order valence-electron chi connectivity index (χ0n) is 8.18. The van der Waals surface area contributed by atoms with Gasteiger partial charge in [0.15, 0.2) is 5.76 Å². The highest BCUT2D eigenvalue weighted by molar-refractivity contribution is 5.25. The van der Waals surface area contributed by atoms with E-state index < -0.39 is 0 Å². The van der Waals surface area contributed by atoms with Crippen molar-refractivity contribution in [1.82, 2.24) is 0 Å². The Bertz CT molecular complexity index is 212. The summed E-state index contributed by atoms with van der Waals surface area (Å²) in [5.74, 6) is 1.49. The first kappa shape index (κ1) is 10.8. The van der Waals surface area contributed by atoms with Crippen molar-refractivity contribution in [2.24, 2.45) is 0 Å². The monoisotopic (exact) mass is 168 g/mol. The minimum absolute atomic E-state index is 0.731. The quantitative estimate of drug-likeness (QED) is 0.474. The third-order valence-electron chi connectivity index (χ3n) is 1.55. The van der Waals surface area contributed by atoms with E-state index >= 15 is 0 Å². The molecule has 0 radical (unpaired) electrons. The Morgan fingerprint density at radius 2 is 1.75 bits per heavy atom. The van der Waals surface area contributed by atoms with Crippen LogP contribution in [0.4, 0.5) is 0 Å². The van der Waals surface area contributed by atoms with Crippen molar-refractivity contribution in [3.8, 4) is 0 Å². The molecule has 0 unspecified atom stereocenters. The Morgan fingerprint density at radius 1 is 1.17 bits per heavy atom. The zero-order chi connectivity index (χ0) is 9.56. The van der Waals surface area contributed by atoms with Crippen LogP contribution in [0.15, 0.2) is 35.8 Å². The summed E-state index contributed by atoms with van der Waals surface area (Å²) < 4.78 is 10.1. The SMILES string of the molecule is C=C/C(C)=C/C(OC)=C(\C)OC. The number of rotatable bonds is 4. The van der Waals surface area contributed by atoms with E-state index in [0.717, 1.165) is 17.1 Å². The van der Waals surface area contributed by atoms with E-state index in [9.17, 15) is 0 Å². The van der Waals surface area contributed by atoms with Gasteiger partial charge >= 0.3 is 0 Å². The smallest absolute Gasteiger partial charge is 0.156 e. The van der Waals surface area contributed by atoms with Gasteiger partial charge in [0, 0.05) is 0 Å². The predicted molar refractivity (Wildman–Crippen MR) is 50.7 cm³/mol. The molecule has 0 amide bonds. The summed E-state index contributed by atoms with van der Waals surface area (Å²) >= 11 is 0. The maximum absolute atomic E-state index is 5.11. The summed E-state index contributed by atoms with van der Waals surface area (Å²) in [5.41, 5.74) is 1.04. The van der Waals surface area contributed by atoms with E-state index in [2.05, 4.69) is 6.58 Å². The first-order valence-corrected chi connectivity index (χ1v) is 3.75. The number of hydrogen-bond acceptors (Lipinski definition) is 2. The van der Waals surface area contributed by atoms with Crippen LogP contribution in [-0.4, -0.2) is 14.2 Å². The van der Waals surface area contributed by atoms with E-state index in [0.29, 0.717) is 0 Å². The molecule has 2 nitrogen and oxygen atoms in total.